The van der Waals surface area contributed by atoms with Gasteiger partial charge in [0.25, 0.3) is 0 Å². The first kappa shape index (κ1) is 26.7. The van der Waals surface area contributed by atoms with Gasteiger partial charge in [0.05, 0.1) is 25.3 Å². The van der Waals surface area contributed by atoms with E-state index in [9.17, 15) is 9.59 Å². The van der Waals surface area contributed by atoms with Crippen LogP contribution in [-0.2, 0) is 28.3 Å². The smallest absolute Gasteiger partial charge is 0.329 e. The summed E-state index contributed by atoms with van der Waals surface area (Å²) in [7, 11) is -0.606. The summed E-state index contributed by atoms with van der Waals surface area (Å²) < 4.78 is 24.4. The summed E-state index contributed by atoms with van der Waals surface area (Å²) in [6, 6.07) is 3.78. The molecule has 2 heterocycles. The Morgan fingerprint density at radius 3 is 2.44 bits per heavy atom. The lowest BCUT2D eigenvalue weighted by atomic mass is 9.86. The molecule has 0 unspecified atom stereocenters. The Balaban J connectivity index is 2.18. The van der Waals surface area contributed by atoms with Crippen LogP contribution in [0.1, 0.15) is 58.6 Å². The lowest BCUT2D eigenvalue weighted by molar-refractivity contribution is -0.156. The zero-order valence-electron chi connectivity index (χ0n) is 22.1. The fourth-order valence-corrected chi connectivity index (χ4v) is 5.22. The van der Waals surface area contributed by atoms with Crippen molar-refractivity contribution in [3.05, 3.63) is 23.3 Å². The van der Waals surface area contributed by atoms with Crippen molar-refractivity contribution in [3.63, 3.8) is 0 Å². The van der Waals surface area contributed by atoms with E-state index in [-0.39, 0.29) is 24.0 Å². The standard InChI is InChI=1S/C25H39NO7Si/c1-15-11-18-21(19(12-15)29-8)17(14-30-34(9,10)24(3,4)5)22(28)23-20(31-25(6,7)32-23)13-26(18)33-16(2)27/h11-12,17,20,23H,13-14H2,1-10H3/t17-,20+,23-/m1/s1. The Kier molecular flexibility index (Phi) is 7.26. The number of methoxy groups -OCH3 is 1. The van der Waals surface area contributed by atoms with E-state index in [0.717, 1.165) is 5.56 Å². The molecule has 2 aliphatic rings. The first-order chi connectivity index (χ1) is 15.6. The van der Waals surface area contributed by atoms with Crippen molar-refractivity contribution < 1.29 is 33.1 Å². The van der Waals surface area contributed by atoms with Gasteiger partial charge < -0.3 is 23.5 Å². The molecule has 34 heavy (non-hydrogen) atoms. The van der Waals surface area contributed by atoms with Crippen LogP contribution >= 0.6 is 0 Å². The molecule has 0 saturated carbocycles. The molecular weight excluding hydrogens is 454 g/mol. The molecule has 0 spiro atoms. The molecule has 0 aromatic heterocycles. The first-order valence-electron chi connectivity index (χ1n) is 11.7. The second kappa shape index (κ2) is 9.26. The molecule has 190 valence electrons. The molecule has 9 heteroatoms. The van der Waals surface area contributed by atoms with Gasteiger partial charge in [-0.15, -0.1) is 0 Å². The van der Waals surface area contributed by atoms with E-state index in [1.54, 1.807) is 21.0 Å². The fraction of sp³-hybridized carbons (Fsp3) is 0.680. The summed E-state index contributed by atoms with van der Waals surface area (Å²) >= 11 is 0. The summed E-state index contributed by atoms with van der Waals surface area (Å²) in [5, 5.41) is 1.47. The van der Waals surface area contributed by atoms with Crippen molar-refractivity contribution in [1.29, 1.82) is 0 Å². The minimum absolute atomic E-state index is 0.0286. The third kappa shape index (κ3) is 5.32. The van der Waals surface area contributed by atoms with Gasteiger partial charge in [-0.25, -0.2) is 5.06 Å². The number of hydrogen-bond donors (Lipinski definition) is 0. The third-order valence-electron chi connectivity index (χ3n) is 6.91. The molecule has 0 aliphatic carbocycles. The van der Waals surface area contributed by atoms with Crippen molar-refractivity contribution in [2.24, 2.45) is 0 Å². The van der Waals surface area contributed by atoms with Crippen LogP contribution in [0.3, 0.4) is 0 Å². The number of anilines is 1. The van der Waals surface area contributed by atoms with Gasteiger partial charge in [0.2, 0.25) is 0 Å². The highest BCUT2D eigenvalue weighted by molar-refractivity contribution is 6.74. The summed E-state index contributed by atoms with van der Waals surface area (Å²) in [6.07, 6.45) is -1.45. The molecule has 0 bridgehead atoms. The van der Waals surface area contributed by atoms with Gasteiger partial charge in [-0.3, -0.25) is 9.59 Å². The molecule has 0 radical (unpaired) electrons. The highest BCUT2D eigenvalue weighted by Gasteiger charge is 2.51. The summed E-state index contributed by atoms with van der Waals surface area (Å²) in [5.74, 6) is -1.69. The number of hydroxylamine groups is 1. The largest absolute Gasteiger partial charge is 0.496 e. The van der Waals surface area contributed by atoms with Crippen LogP contribution in [0.15, 0.2) is 12.1 Å². The van der Waals surface area contributed by atoms with Gasteiger partial charge in [0.1, 0.15) is 18.0 Å². The van der Waals surface area contributed by atoms with Crippen LogP contribution in [0, 0.1) is 6.92 Å². The number of hydrogen-bond acceptors (Lipinski definition) is 8. The van der Waals surface area contributed by atoms with Crippen LogP contribution in [0.25, 0.3) is 0 Å². The zero-order valence-corrected chi connectivity index (χ0v) is 23.1. The van der Waals surface area contributed by atoms with Crippen LogP contribution in [0.5, 0.6) is 5.75 Å². The Hall–Kier alpha value is -1.94. The van der Waals surface area contributed by atoms with Gasteiger partial charge in [-0.2, -0.15) is 0 Å². The maximum Gasteiger partial charge on any atom is 0.329 e. The van der Waals surface area contributed by atoms with E-state index in [4.69, 9.17) is 23.5 Å². The minimum atomic E-state index is -2.18. The van der Waals surface area contributed by atoms with Gasteiger partial charge in [0, 0.05) is 19.1 Å². The molecule has 3 rings (SSSR count). The van der Waals surface area contributed by atoms with E-state index in [2.05, 4.69) is 33.9 Å². The quantitative estimate of drug-likeness (QED) is 0.555. The van der Waals surface area contributed by atoms with E-state index in [0.29, 0.717) is 17.0 Å². The third-order valence-corrected chi connectivity index (χ3v) is 11.4. The van der Waals surface area contributed by atoms with Gasteiger partial charge in [-0.05, 0) is 56.6 Å². The highest BCUT2D eigenvalue weighted by Crippen LogP contribution is 2.45. The van der Waals surface area contributed by atoms with Crippen LogP contribution in [-0.4, -0.2) is 58.3 Å². The maximum atomic E-state index is 14.0. The Labute approximate surface area is 203 Å². The molecule has 1 saturated heterocycles. The zero-order chi connectivity index (χ0) is 25.6. The number of ether oxygens (including phenoxy) is 3. The molecule has 0 N–H and O–H groups in total. The normalized spacial score (nSPS) is 24.7. The molecule has 0 amide bonds. The average molecular weight is 494 g/mol. The van der Waals surface area contributed by atoms with Crippen molar-refractivity contribution in [3.8, 4) is 5.75 Å². The lowest BCUT2D eigenvalue weighted by Crippen LogP contribution is -2.48. The number of Topliss-reactive ketones (excluding diaryl/α,β-unsaturated/α-hetero) is 1. The Morgan fingerprint density at radius 2 is 1.88 bits per heavy atom. The average Bonchev–Trinajstić information content (AvgIpc) is 2.99. The summed E-state index contributed by atoms with van der Waals surface area (Å²) in [4.78, 5) is 31.7. The maximum absolute atomic E-state index is 14.0. The lowest BCUT2D eigenvalue weighted by Gasteiger charge is -2.39. The van der Waals surface area contributed by atoms with Crippen molar-refractivity contribution in [1.82, 2.24) is 0 Å². The second-order valence-electron chi connectivity index (χ2n) is 11.2. The highest BCUT2D eigenvalue weighted by atomic mass is 28.4. The predicted molar refractivity (Wildman–Crippen MR) is 132 cm³/mol. The van der Waals surface area contributed by atoms with Crippen molar-refractivity contribution >= 4 is 25.8 Å². The van der Waals surface area contributed by atoms with Gasteiger partial charge >= 0.3 is 5.97 Å². The van der Waals surface area contributed by atoms with Gasteiger partial charge in [0.15, 0.2) is 19.9 Å². The number of fused-ring (bicyclic) bond motifs is 2. The monoisotopic (exact) mass is 493 g/mol. The number of carbonyl (C=O) groups excluding carboxylic acids is 2. The molecule has 8 nitrogen and oxygen atoms in total. The Bertz CT molecular complexity index is 953. The molecule has 1 aromatic rings. The van der Waals surface area contributed by atoms with E-state index in [1.807, 2.05) is 19.1 Å². The minimum Gasteiger partial charge on any atom is -0.496 e. The van der Waals surface area contributed by atoms with Crippen molar-refractivity contribution in [2.75, 3.05) is 25.3 Å². The summed E-state index contributed by atoms with van der Waals surface area (Å²) in [6.45, 7) is 17.9. The molecular formula is C25H39NO7Si. The fourth-order valence-electron chi connectivity index (χ4n) is 4.20. The second-order valence-corrected chi connectivity index (χ2v) is 16.0. The number of rotatable bonds is 5. The summed E-state index contributed by atoms with van der Waals surface area (Å²) in [5.41, 5.74) is 2.13. The number of aryl methyl sites for hydroxylation is 1. The molecule has 1 fully saturated rings. The number of nitrogens with zero attached hydrogens (tertiary/aromatic N) is 1. The number of ketones is 1. The predicted octanol–water partition coefficient (Wildman–Crippen LogP) is 4.50. The molecule has 3 atom stereocenters. The van der Waals surface area contributed by atoms with Gasteiger partial charge in [-0.1, -0.05) is 20.8 Å². The van der Waals surface area contributed by atoms with Crippen molar-refractivity contribution in [2.45, 2.75) is 90.5 Å². The topological polar surface area (TPSA) is 83.5 Å². The molecule has 2 aliphatic heterocycles. The Morgan fingerprint density at radius 1 is 1.24 bits per heavy atom. The SMILES string of the molecule is COc1cc(C)cc2c1[C@@H](CO[Si](C)(C)C(C)(C)C)C(=O)[C@@H]1OC(C)(C)O[C@H]1CN2OC(C)=O. The number of benzene rings is 1. The van der Waals surface area contributed by atoms with Crippen LogP contribution in [0.2, 0.25) is 18.1 Å². The van der Waals surface area contributed by atoms with E-state index < -0.39 is 38.2 Å². The number of carbonyl (C=O) groups is 2. The van der Waals surface area contributed by atoms with E-state index >= 15 is 0 Å². The van der Waals surface area contributed by atoms with Crippen LogP contribution in [0.4, 0.5) is 5.69 Å². The molecule has 1 aromatic carbocycles. The first-order valence-corrected chi connectivity index (χ1v) is 14.6. The van der Waals surface area contributed by atoms with Crippen LogP contribution < -0.4 is 9.80 Å². The van der Waals surface area contributed by atoms with E-state index in [1.165, 1.54) is 12.0 Å².